The van der Waals surface area contributed by atoms with Gasteiger partial charge in [-0.2, -0.15) is 0 Å². The predicted octanol–water partition coefficient (Wildman–Crippen LogP) is 0.835. The average molecular weight is 214 g/mol. The fraction of sp³-hybridized carbons (Fsp3) is 0.125. The molecule has 0 amide bonds. The third-order valence-electron chi connectivity index (χ3n) is 1.08. The molecule has 11 heavy (non-hydrogen) atoms. The Morgan fingerprint density at radius 2 is 2.00 bits per heavy atom. The number of hydrogen-bond acceptors (Lipinski definition) is 1. The average Bonchev–Trinajstić information content (AvgIpc) is 2.06. The van der Waals surface area contributed by atoms with E-state index in [1.165, 1.54) is 0 Å². The van der Waals surface area contributed by atoms with Crippen LogP contribution in [-0.2, 0) is 0 Å². The fourth-order valence-electron chi connectivity index (χ4n) is 0.645. The van der Waals surface area contributed by atoms with E-state index in [1.54, 1.807) is 6.07 Å². The van der Waals surface area contributed by atoms with Crippen molar-refractivity contribution in [2.24, 2.45) is 0 Å². The third kappa shape index (κ3) is 2.71. The standard InChI is InChI=1S/C8H6FNSe/c9-8(6-10)11-7-4-2-1-3-5-7/h1-5,8H. The number of benzene rings is 1. The number of hydrogen-bond donors (Lipinski definition) is 0. The molecule has 1 nitrogen and oxygen atoms in total. The van der Waals surface area contributed by atoms with Gasteiger partial charge in [-0.1, -0.05) is 0 Å². The Labute approximate surface area is 71.0 Å². The Morgan fingerprint density at radius 1 is 1.36 bits per heavy atom. The third-order valence-corrected chi connectivity index (χ3v) is 2.88. The van der Waals surface area contributed by atoms with Crippen molar-refractivity contribution in [3.8, 4) is 6.07 Å². The summed E-state index contributed by atoms with van der Waals surface area (Å²) in [5, 5.41) is 6.87. The minimum atomic E-state index is -1.31. The normalized spacial score (nSPS) is 12.0. The molecule has 0 aliphatic carbocycles. The second-order valence-corrected chi connectivity index (χ2v) is 4.23. The monoisotopic (exact) mass is 215 g/mol. The van der Waals surface area contributed by atoms with Gasteiger partial charge in [0.2, 0.25) is 0 Å². The summed E-state index contributed by atoms with van der Waals surface area (Å²) in [7, 11) is 0. The zero-order valence-electron chi connectivity index (χ0n) is 5.70. The van der Waals surface area contributed by atoms with Crippen LogP contribution in [0.2, 0.25) is 0 Å². The van der Waals surface area contributed by atoms with E-state index in [4.69, 9.17) is 5.26 Å². The van der Waals surface area contributed by atoms with Gasteiger partial charge in [-0.05, 0) is 0 Å². The Morgan fingerprint density at radius 3 is 2.55 bits per heavy atom. The molecule has 1 rings (SSSR count). The first kappa shape index (κ1) is 8.26. The molecule has 0 bridgehead atoms. The van der Waals surface area contributed by atoms with Gasteiger partial charge in [-0.25, -0.2) is 0 Å². The van der Waals surface area contributed by atoms with Crippen LogP contribution in [0.15, 0.2) is 30.3 Å². The van der Waals surface area contributed by atoms with E-state index >= 15 is 0 Å². The summed E-state index contributed by atoms with van der Waals surface area (Å²) in [6.07, 6.45) is 0. The van der Waals surface area contributed by atoms with Crippen LogP contribution in [0.25, 0.3) is 0 Å². The molecule has 0 aliphatic rings. The van der Waals surface area contributed by atoms with E-state index < -0.39 is 5.07 Å². The van der Waals surface area contributed by atoms with Gasteiger partial charge < -0.3 is 0 Å². The van der Waals surface area contributed by atoms with Crippen molar-refractivity contribution in [3.05, 3.63) is 30.3 Å². The van der Waals surface area contributed by atoms with E-state index in [0.717, 1.165) is 4.46 Å². The van der Waals surface area contributed by atoms with Gasteiger partial charge in [0.1, 0.15) is 0 Å². The summed E-state index contributed by atoms with van der Waals surface area (Å²) in [5.74, 6) is 0. The summed E-state index contributed by atoms with van der Waals surface area (Å²) in [4.78, 5) is 0. The van der Waals surface area contributed by atoms with Crippen LogP contribution in [0.5, 0.6) is 0 Å². The maximum atomic E-state index is 12.5. The molecule has 0 aliphatic heterocycles. The Balaban J connectivity index is 2.60. The summed E-state index contributed by atoms with van der Waals surface area (Å²) in [6.45, 7) is 0. The molecule has 0 saturated carbocycles. The second kappa shape index (κ2) is 4.12. The van der Waals surface area contributed by atoms with Crippen molar-refractivity contribution in [2.45, 2.75) is 5.07 Å². The Hall–Kier alpha value is -0.841. The van der Waals surface area contributed by atoms with E-state index in [-0.39, 0.29) is 15.0 Å². The fourth-order valence-corrected chi connectivity index (χ4v) is 1.92. The van der Waals surface area contributed by atoms with Crippen molar-refractivity contribution in [1.82, 2.24) is 0 Å². The zero-order chi connectivity index (χ0) is 8.10. The minimum absolute atomic E-state index is 0.351. The molecule has 56 valence electrons. The molecular formula is C8H6FNSe. The van der Waals surface area contributed by atoms with Gasteiger partial charge in [0.05, 0.1) is 0 Å². The molecule has 0 heterocycles. The first-order chi connectivity index (χ1) is 5.33. The van der Waals surface area contributed by atoms with Crippen molar-refractivity contribution in [3.63, 3.8) is 0 Å². The van der Waals surface area contributed by atoms with E-state index in [0.29, 0.717) is 0 Å². The van der Waals surface area contributed by atoms with Crippen LogP contribution in [0.4, 0.5) is 4.39 Å². The van der Waals surface area contributed by atoms with Crippen LogP contribution in [-0.4, -0.2) is 20.0 Å². The molecule has 3 heteroatoms. The van der Waals surface area contributed by atoms with Crippen LogP contribution in [0.3, 0.4) is 0 Å². The van der Waals surface area contributed by atoms with E-state index in [2.05, 4.69) is 0 Å². The molecule has 0 spiro atoms. The van der Waals surface area contributed by atoms with Gasteiger partial charge in [-0.3, -0.25) is 0 Å². The molecule has 0 saturated heterocycles. The van der Waals surface area contributed by atoms with Crippen LogP contribution in [0.1, 0.15) is 0 Å². The quantitative estimate of drug-likeness (QED) is 0.669. The number of nitrogens with zero attached hydrogens (tertiary/aromatic N) is 1. The van der Waals surface area contributed by atoms with Crippen LogP contribution >= 0.6 is 0 Å². The molecule has 1 atom stereocenters. The molecule has 1 aromatic rings. The molecule has 1 aromatic carbocycles. The van der Waals surface area contributed by atoms with Crippen molar-refractivity contribution in [1.29, 1.82) is 5.26 Å². The molecular weight excluding hydrogens is 208 g/mol. The van der Waals surface area contributed by atoms with Crippen LogP contribution < -0.4 is 4.46 Å². The molecule has 0 N–H and O–H groups in total. The van der Waals surface area contributed by atoms with Crippen LogP contribution in [0, 0.1) is 11.3 Å². The van der Waals surface area contributed by atoms with E-state index in [9.17, 15) is 4.39 Å². The summed E-state index contributed by atoms with van der Waals surface area (Å²) >= 11 is -0.351. The summed E-state index contributed by atoms with van der Waals surface area (Å²) < 4.78 is 13.4. The van der Waals surface area contributed by atoms with Crippen molar-refractivity contribution in [2.75, 3.05) is 0 Å². The molecule has 0 aromatic heterocycles. The number of alkyl halides is 1. The SMILES string of the molecule is N#CC(F)[Se]c1ccccc1. The van der Waals surface area contributed by atoms with E-state index in [1.807, 2.05) is 30.3 Å². The van der Waals surface area contributed by atoms with Gasteiger partial charge >= 0.3 is 70.5 Å². The van der Waals surface area contributed by atoms with Gasteiger partial charge in [-0.15, -0.1) is 0 Å². The maximum absolute atomic E-state index is 12.5. The topological polar surface area (TPSA) is 23.8 Å². The van der Waals surface area contributed by atoms with Crippen molar-refractivity contribution < 1.29 is 4.39 Å². The number of halogens is 1. The van der Waals surface area contributed by atoms with Crippen molar-refractivity contribution >= 4 is 19.4 Å². The summed E-state index contributed by atoms with van der Waals surface area (Å²) in [6, 6.07) is 10.8. The Bertz CT molecular complexity index is 255. The number of rotatable bonds is 2. The number of nitriles is 1. The van der Waals surface area contributed by atoms with Gasteiger partial charge in [0.25, 0.3) is 0 Å². The predicted molar refractivity (Wildman–Crippen MR) is 42.3 cm³/mol. The molecule has 1 unspecified atom stereocenters. The zero-order valence-corrected chi connectivity index (χ0v) is 7.41. The first-order valence-corrected chi connectivity index (χ1v) is 4.93. The van der Waals surface area contributed by atoms with Gasteiger partial charge in [0.15, 0.2) is 0 Å². The first-order valence-electron chi connectivity index (χ1n) is 3.08. The second-order valence-electron chi connectivity index (χ2n) is 1.88. The Kier molecular flexibility index (Phi) is 3.10. The molecule has 0 radical (unpaired) electrons. The van der Waals surface area contributed by atoms with Gasteiger partial charge in [0, 0.05) is 0 Å². The molecule has 0 fully saturated rings. The summed E-state index contributed by atoms with van der Waals surface area (Å²) in [5.41, 5.74) is 0.